The Labute approximate surface area is 165 Å². The summed E-state index contributed by atoms with van der Waals surface area (Å²) in [6.07, 6.45) is 4.89. The summed E-state index contributed by atoms with van der Waals surface area (Å²) in [6.45, 7) is 9.62. The third-order valence-corrected chi connectivity index (χ3v) is 5.22. The first-order valence-electron chi connectivity index (χ1n) is 9.69. The molecule has 5 nitrogen and oxygen atoms in total. The highest BCUT2D eigenvalue weighted by molar-refractivity contribution is 5.93. The van der Waals surface area contributed by atoms with Crippen molar-refractivity contribution < 1.29 is 9.18 Å². The lowest BCUT2D eigenvalue weighted by Crippen LogP contribution is -2.48. The molecule has 28 heavy (non-hydrogen) atoms. The van der Waals surface area contributed by atoms with E-state index in [2.05, 4.69) is 48.1 Å². The van der Waals surface area contributed by atoms with Crippen LogP contribution in [0.1, 0.15) is 68.1 Å². The minimum absolute atomic E-state index is 0.0128. The molecule has 1 aliphatic rings. The van der Waals surface area contributed by atoms with Gasteiger partial charge in [-0.3, -0.25) is 9.78 Å². The molecule has 1 atom stereocenters. The number of nitrogens with one attached hydrogen (secondary N) is 1. The van der Waals surface area contributed by atoms with Crippen molar-refractivity contribution in [3.8, 4) is 0 Å². The van der Waals surface area contributed by atoms with Crippen LogP contribution in [0.2, 0.25) is 0 Å². The van der Waals surface area contributed by atoms with Crippen molar-refractivity contribution >= 4 is 17.8 Å². The SMILES string of the molecule is CCCN1c2cc(F)c(/C=N\NC(=O)c3ccccn3)cc2C(C)CC1(C)C. The Morgan fingerprint density at radius 2 is 2.21 bits per heavy atom. The summed E-state index contributed by atoms with van der Waals surface area (Å²) in [5, 5.41) is 3.92. The molecule has 1 amide bonds. The molecule has 1 unspecified atom stereocenters. The van der Waals surface area contributed by atoms with Crippen LogP contribution >= 0.6 is 0 Å². The van der Waals surface area contributed by atoms with Gasteiger partial charge in [0.1, 0.15) is 11.5 Å². The number of fused-ring (bicyclic) bond motifs is 1. The van der Waals surface area contributed by atoms with E-state index in [0.29, 0.717) is 11.5 Å². The number of halogens is 1. The number of amides is 1. The Hall–Kier alpha value is -2.76. The normalized spacial score (nSPS) is 18.2. The molecule has 6 heteroatoms. The fourth-order valence-corrected chi connectivity index (χ4v) is 3.98. The average Bonchev–Trinajstić information content (AvgIpc) is 2.66. The third-order valence-electron chi connectivity index (χ3n) is 5.22. The number of carbonyl (C=O) groups is 1. The maximum Gasteiger partial charge on any atom is 0.289 e. The highest BCUT2D eigenvalue weighted by Gasteiger charge is 2.36. The molecule has 0 spiro atoms. The van der Waals surface area contributed by atoms with Crippen LogP contribution in [0.3, 0.4) is 0 Å². The second-order valence-corrected chi connectivity index (χ2v) is 7.92. The predicted octanol–water partition coefficient (Wildman–Crippen LogP) is 4.49. The molecule has 0 aliphatic carbocycles. The molecule has 0 bridgehead atoms. The summed E-state index contributed by atoms with van der Waals surface area (Å²) < 4.78 is 14.8. The topological polar surface area (TPSA) is 57.6 Å². The van der Waals surface area contributed by atoms with Gasteiger partial charge in [0.25, 0.3) is 5.91 Å². The van der Waals surface area contributed by atoms with E-state index in [1.54, 1.807) is 24.3 Å². The van der Waals surface area contributed by atoms with E-state index in [1.165, 1.54) is 12.4 Å². The van der Waals surface area contributed by atoms with Crippen molar-refractivity contribution in [2.24, 2.45) is 5.10 Å². The monoisotopic (exact) mass is 382 g/mol. The van der Waals surface area contributed by atoms with E-state index in [1.807, 2.05) is 6.07 Å². The summed E-state index contributed by atoms with van der Waals surface area (Å²) in [5.74, 6) is -0.464. The molecule has 1 aromatic heterocycles. The minimum atomic E-state index is -0.431. The van der Waals surface area contributed by atoms with Gasteiger partial charge in [0.15, 0.2) is 0 Å². The Balaban J connectivity index is 1.84. The molecule has 1 N–H and O–H groups in total. The number of aromatic nitrogens is 1. The van der Waals surface area contributed by atoms with Crippen molar-refractivity contribution in [1.82, 2.24) is 10.4 Å². The van der Waals surface area contributed by atoms with Gasteiger partial charge in [0, 0.05) is 29.5 Å². The minimum Gasteiger partial charge on any atom is -0.366 e. The average molecular weight is 382 g/mol. The second-order valence-electron chi connectivity index (χ2n) is 7.92. The molecule has 0 saturated heterocycles. The van der Waals surface area contributed by atoms with E-state index >= 15 is 0 Å². The van der Waals surface area contributed by atoms with Gasteiger partial charge in [-0.05, 0) is 62.4 Å². The van der Waals surface area contributed by atoms with Crippen LogP contribution in [0.5, 0.6) is 0 Å². The molecule has 2 heterocycles. The summed E-state index contributed by atoms with van der Waals surface area (Å²) in [4.78, 5) is 18.3. The highest BCUT2D eigenvalue weighted by atomic mass is 19.1. The van der Waals surface area contributed by atoms with Crippen LogP contribution in [-0.4, -0.2) is 29.2 Å². The largest absolute Gasteiger partial charge is 0.366 e. The summed E-state index contributed by atoms with van der Waals surface area (Å²) in [7, 11) is 0. The van der Waals surface area contributed by atoms with E-state index in [9.17, 15) is 9.18 Å². The van der Waals surface area contributed by atoms with Crippen molar-refractivity contribution in [1.29, 1.82) is 0 Å². The quantitative estimate of drug-likeness (QED) is 0.612. The van der Waals surface area contributed by atoms with Crippen molar-refractivity contribution in [3.63, 3.8) is 0 Å². The fraction of sp³-hybridized carbons (Fsp3) is 0.409. The van der Waals surface area contributed by atoms with Crippen LogP contribution in [0.15, 0.2) is 41.6 Å². The molecule has 2 aromatic rings. The van der Waals surface area contributed by atoms with Gasteiger partial charge in [0.05, 0.1) is 6.21 Å². The van der Waals surface area contributed by atoms with Gasteiger partial charge < -0.3 is 4.90 Å². The summed E-state index contributed by atoms with van der Waals surface area (Å²) in [6, 6.07) is 8.50. The van der Waals surface area contributed by atoms with Gasteiger partial charge >= 0.3 is 0 Å². The first-order chi connectivity index (χ1) is 13.3. The Bertz CT molecular complexity index is 880. The molecule has 0 radical (unpaired) electrons. The van der Waals surface area contributed by atoms with Crippen molar-refractivity contribution in [3.05, 3.63) is 59.2 Å². The smallest absolute Gasteiger partial charge is 0.289 e. The van der Waals surface area contributed by atoms with Gasteiger partial charge in [-0.1, -0.05) is 19.9 Å². The third kappa shape index (κ3) is 4.06. The Morgan fingerprint density at radius 3 is 2.89 bits per heavy atom. The lowest BCUT2D eigenvalue weighted by Gasteiger charge is -2.47. The van der Waals surface area contributed by atoms with E-state index in [-0.39, 0.29) is 17.1 Å². The van der Waals surface area contributed by atoms with Crippen LogP contribution in [0.4, 0.5) is 10.1 Å². The van der Waals surface area contributed by atoms with E-state index in [4.69, 9.17) is 0 Å². The first-order valence-corrected chi connectivity index (χ1v) is 9.69. The van der Waals surface area contributed by atoms with Crippen molar-refractivity contribution in [2.45, 2.75) is 52.0 Å². The van der Waals surface area contributed by atoms with Crippen LogP contribution in [0.25, 0.3) is 0 Å². The predicted molar refractivity (Wildman–Crippen MR) is 110 cm³/mol. The van der Waals surface area contributed by atoms with Crippen molar-refractivity contribution in [2.75, 3.05) is 11.4 Å². The zero-order valence-electron chi connectivity index (χ0n) is 16.9. The zero-order valence-corrected chi connectivity index (χ0v) is 16.9. The summed E-state index contributed by atoms with van der Waals surface area (Å²) in [5.41, 5.74) is 5.08. The van der Waals surface area contributed by atoms with Gasteiger partial charge in [0.2, 0.25) is 0 Å². The molecule has 148 valence electrons. The molecule has 1 aromatic carbocycles. The molecular weight excluding hydrogens is 355 g/mol. The number of nitrogens with zero attached hydrogens (tertiary/aromatic N) is 3. The van der Waals surface area contributed by atoms with Crippen LogP contribution in [0, 0.1) is 5.82 Å². The maximum atomic E-state index is 14.8. The Kier molecular flexibility index (Phi) is 5.77. The van der Waals surface area contributed by atoms with E-state index in [0.717, 1.165) is 30.6 Å². The van der Waals surface area contributed by atoms with Crippen LogP contribution < -0.4 is 10.3 Å². The second kappa shape index (κ2) is 8.09. The number of carbonyl (C=O) groups excluding carboxylic acids is 1. The van der Waals surface area contributed by atoms with Gasteiger partial charge in [-0.15, -0.1) is 0 Å². The number of hydrogen-bond acceptors (Lipinski definition) is 4. The standard InChI is InChI=1S/C22H27FN4O/c1-5-10-27-20-12-18(23)16(11-17(20)15(2)13-22(27,3)4)14-25-26-21(28)19-8-6-7-9-24-19/h6-9,11-12,14-15H,5,10,13H2,1-4H3,(H,26,28)/b25-14-. The lowest BCUT2D eigenvalue weighted by atomic mass is 9.79. The number of hydrazone groups is 1. The number of hydrogen-bond donors (Lipinski definition) is 1. The number of anilines is 1. The zero-order chi connectivity index (χ0) is 20.3. The van der Waals surface area contributed by atoms with Gasteiger partial charge in [-0.25, -0.2) is 9.82 Å². The highest BCUT2D eigenvalue weighted by Crippen LogP contribution is 2.44. The molecule has 0 fully saturated rings. The fourth-order valence-electron chi connectivity index (χ4n) is 3.98. The molecule has 1 aliphatic heterocycles. The number of benzene rings is 1. The first kappa shape index (κ1) is 20.0. The molecular formula is C22H27FN4O. The van der Waals surface area contributed by atoms with Crippen LogP contribution in [-0.2, 0) is 0 Å². The van der Waals surface area contributed by atoms with E-state index < -0.39 is 5.91 Å². The molecule has 3 rings (SSSR count). The maximum absolute atomic E-state index is 14.8. The lowest BCUT2D eigenvalue weighted by molar-refractivity contribution is 0.0950. The number of rotatable bonds is 5. The Morgan fingerprint density at radius 1 is 1.43 bits per heavy atom. The molecule has 0 saturated carbocycles. The summed E-state index contributed by atoms with van der Waals surface area (Å²) >= 11 is 0. The van der Waals surface area contributed by atoms with Gasteiger partial charge in [-0.2, -0.15) is 5.10 Å². The number of pyridine rings is 1.